The lowest BCUT2D eigenvalue weighted by Crippen LogP contribution is -2.52. The van der Waals surface area contributed by atoms with Gasteiger partial charge in [0.1, 0.15) is 23.8 Å². The Morgan fingerprint density at radius 2 is 1.93 bits per heavy atom. The van der Waals surface area contributed by atoms with Gasteiger partial charge >= 0.3 is 6.09 Å². The second-order valence-electron chi connectivity index (χ2n) is 11.7. The summed E-state index contributed by atoms with van der Waals surface area (Å²) in [4.78, 5) is 62.2. The van der Waals surface area contributed by atoms with E-state index >= 15 is 0 Å². The lowest BCUT2D eigenvalue weighted by atomic mass is 9.84. The largest absolute Gasteiger partial charge is 0.483 e. The third kappa shape index (κ3) is 5.32. The number of benzene rings is 2. The molecular formula is C32H30F2N4O7. The summed E-state index contributed by atoms with van der Waals surface area (Å²) in [6.07, 6.45) is 0.950. The van der Waals surface area contributed by atoms with Gasteiger partial charge in [0.15, 0.2) is 17.0 Å². The summed E-state index contributed by atoms with van der Waals surface area (Å²) in [5.74, 6) is -4.09. The zero-order chi connectivity index (χ0) is 32.0. The molecule has 3 aliphatic heterocycles. The van der Waals surface area contributed by atoms with E-state index in [1.807, 2.05) is 13.8 Å². The van der Waals surface area contributed by atoms with E-state index in [0.29, 0.717) is 30.9 Å². The number of halogens is 2. The molecule has 234 valence electrons. The number of nitrogens with zero attached hydrogens (tertiary/aromatic N) is 4. The topological polar surface area (TPSA) is 131 Å². The summed E-state index contributed by atoms with van der Waals surface area (Å²) in [7, 11) is 0. The van der Waals surface area contributed by atoms with E-state index in [-0.39, 0.29) is 35.4 Å². The van der Waals surface area contributed by atoms with Crippen molar-refractivity contribution in [2.45, 2.75) is 63.9 Å². The van der Waals surface area contributed by atoms with Gasteiger partial charge in [-0.1, -0.05) is 41.6 Å². The van der Waals surface area contributed by atoms with Crippen molar-refractivity contribution < 1.29 is 37.8 Å². The van der Waals surface area contributed by atoms with E-state index in [4.69, 9.17) is 9.57 Å². The molecule has 3 atom stereocenters. The Bertz CT molecular complexity index is 1790. The molecule has 11 nitrogen and oxygen atoms in total. The van der Waals surface area contributed by atoms with Gasteiger partial charge in [0.2, 0.25) is 5.43 Å². The summed E-state index contributed by atoms with van der Waals surface area (Å²) in [6.45, 7) is 3.00. The number of oxime groups is 1. The predicted octanol–water partition coefficient (Wildman–Crippen LogP) is 4.74. The molecule has 0 aliphatic carbocycles. The standard InChI is InChI=1S/C32H30F2N4O7/c1-18-13-32(45-35-18)11-10-19(2)36-16-25(32)37-15-23(29(40)38(31(42)43)14-21-8-9-22(33)12-24(21)34)27(39)28(26(37)30(36)41)44-17-20-6-4-3-5-7-20/h3-9,12,15,19,25H,10-11,13-14,16-17H2,1-2H3,(H,42,43)/t19-,25+,32-/m0/s1. The minimum atomic E-state index is -1.76. The van der Waals surface area contributed by atoms with Crippen LogP contribution >= 0.6 is 0 Å². The van der Waals surface area contributed by atoms with Crippen LogP contribution in [0.4, 0.5) is 13.6 Å². The Morgan fingerprint density at radius 3 is 2.60 bits per heavy atom. The molecule has 2 aromatic carbocycles. The van der Waals surface area contributed by atoms with Crippen molar-refractivity contribution >= 4 is 23.6 Å². The molecule has 3 aliphatic rings. The third-order valence-electron chi connectivity index (χ3n) is 8.70. The number of fused-ring (bicyclic) bond motifs is 5. The maximum absolute atomic E-state index is 14.5. The SMILES string of the molecule is CC1=NO[C@@]2(CC[C@H](C)N3C[C@H]2n2cc(C(=O)N(Cc4ccc(F)cc4F)C(=O)O)c(=O)c(OCc4ccccc4)c2C3=O)C1. The number of imide groups is 1. The van der Waals surface area contributed by atoms with Crippen LogP contribution < -0.4 is 10.2 Å². The third-order valence-corrected chi connectivity index (χ3v) is 8.70. The van der Waals surface area contributed by atoms with E-state index in [0.717, 1.165) is 17.8 Å². The van der Waals surface area contributed by atoms with Gasteiger partial charge in [0, 0.05) is 36.8 Å². The number of hydrogen-bond acceptors (Lipinski definition) is 7. The van der Waals surface area contributed by atoms with Crippen LogP contribution in [0.3, 0.4) is 0 Å². The summed E-state index contributed by atoms with van der Waals surface area (Å²) < 4.78 is 35.5. The number of ether oxygens (including phenoxy) is 1. The van der Waals surface area contributed by atoms with E-state index < -0.39 is 64.5 Å². The Kier molecular flexibility index (Phi) is 7.63. The van der Waals surface area contributed by atoms with E-state index in [2.05, 4.69) is 5.16 Å². The number of carboxylic acid groups (broad SMARTS) is 1. The monoisotopic (exact) mass is 620 g/mol. The van der Waals surface area contributed by atoms with Crippen molar-refractivity contribution in [3.05, 3.63) is 99.0 Å². The summed E-state index contributed by atoms with van der Waals surface area (Å²) in [5, 5.41) is 14.2. The van der Waals surface area contributed by atoms with Crippen molar-refractivity contribution in [3.8, 4) is 5.75 Å². The minimum absolute atomic E-state index is 0.0866. The summed E-state index contributed by atoms with van der Waals surface area (Å²) in [6, 6.07) is 10.6. The van der Waals surface area contributed by atoms with Gasteiger partial charge in [0.05, 0.1) is 18.3 Å². The number of carbonyl (C=O) groups is 3. The molecule has 3 amide bonds. The highest BCUT2D eigenvalue weighted by Gasteiger charge is 2.54. The highest BCUT2D eigenvalue weighted by molar-refractivity contribution is 6.04. The lowest BCUT2D eigenvalue weighted by Gasteiger charge is -2.42. The van der Waals surface area contributed by atoms with Crippen LogP contribution in [0.2, 0.25) is 0 Å². The van der Waals surface area contributed by atoms with Crippen LogP contribution in [-0.4, -0.2) is 61.3 Å². The fourth-order valence-corrected chi connectivity index (χ4v) is 6.32. The van der Waals surface area contributed by atoms with Gasteiger partial charge in [0.25, 0.3) is 11.8 Å². The first-order valence-electron chi connectivity index (χ1n) is 14.5. The van der Waals surface area contributed by atoms with Gasteiger partial charge in [-0.3, -0.25) is 14.4 Å². The number of pyridine rings is 1. The van der Waals surface area contributed by atoms with Crippen molar-refractivity contribution in [3.63, 3.8) is 0 Å². The highest BCUT2D eigenvalue weighted by atomic mass is 19.1. The van der Waals surface area contributed by atoms with Gasteiger partial charge in [-0.2, -0.15) is 0 Å². The molecule has 1 saturated heterocycles. The molecule has 2 bridgehead atoms. The second-order valence-corrected chi connectivity index (χ2v) is 11.7. The Morgan fingerprint density at radius 1 is 1.18 bits per heavy atom. The molecule has 1 fully saturated rings. The van der Waals surface area contributed by atoms with Crippen molar-refractivity contribution in [2.24, 2.45) is 5.16 Å². The molecule has 45 heavy (non-hydrogen) atoms. The van der Waals surface area contributed by atoms with Crippen LogP contribution in [0.25, 0.3) is 0 Å². The lowest BCUT2D eigenvalue weighted by molar-refractivity contribution is -0.0656. The first-order chi connectivity index (χ1) is 21.5. The first-order valence-corrected chi connectivity index (χ1v) is 14.5. The fourth-order valence-electron chi connectivity index (χ4n) is 6.32. The summed E-state index contributed by atoms with van der Waals surface area (Å²) >= 11 is 0. The van der Waals surface area contributed by atoms with Crippen molar-refractivity contribution in [2.75, 3.05) is 6.54 Å². The molecule has 1 N–H and O–H groups in total. The van der Waals surface area contributed by atoms with Crippen LogP contribution in [0, 0.1) is 11.6 Å². The molecular weight excluding hydrogens is 590 g/mol. The maximum atomic E-state index is 14.5. The zero-order valence-electron chi connectivity index (χ0n) is 24.5. The summed E-state index contributed by atoms with van der Waals surface area (Å²) in [5.41, 5.74) is -1.44. The van der Waals surface area contributed by atoms with Crippen LogP contribution in [0.1, 0.15) is 71.1 Å². The molecule has 3 aromatic rings. The Hall–Kier alpha value is -5.07. The zero-order valence-corrected chi connectivity index (χ0v) is 24.5. The fraction of sp³-hybridized carbons (Fsp3) is 0.344. The molecule has 4 heterocycles. The molecule has 1 spiro atoms. The Balaban J connectivity index is 1.51. The molecule has 6 rings (SSSR count). The van der Waals surface area contributed by atoms with Gasteiger partial charge in [-0.25, -0.2) is 18.5 Å². The van der Waals surface area contributed by atoms with Crippen molar-refractivity contribution in [1.29, 1.82) is 0 Å². The van der Waals surface area contributed by atoms with E-state index in [9.17, 15) is 33.1 Å². The van der Waals surface area contributed by atoms with Gasteiger partial charge in [-0.05, 0) is 38.3 Å². The van der Waals surface area contributed by atoms with Crippen molar-refractivity contribution in [1.82, 2.24) is 14.4 Å². The molecule has 0 saturated carbocycles. The molecule has 1 aromatic heterocycles. The smallest absolute Gasteiger partial charge is 0.414 e. The quantitative estimate of drug-likeness (QED) is 0.421. The average molecular weight is 621 g/mol. The normalized spacial score (nSPS) is 21.9. The molecule has 0 unspecified atom stereocenters. The maximum Gasteiger partial charge on any atom is 0.414 e. The average Bonchev–Trinajstić information content (AvgIpc) is 3.34. The number of rotatable bonds is 6. The van der Waals surface area contributed by atoms with E-state index in [1.54, 1.807) is 35.2 Å². The molecule has 13 heteroatoms. The number of amides is 3. The second kappa shape index (κ2) is 11.5. The predicted molar refractivity (Wildman–Crippen MR) is 156 cm³/mol. The van der Waals surface area contributed by atoms with Gasteiger partial charge in [-0.15, -0.1) is 0 Å². The highest BCUT2D eigenvalue weighted by Crippen LogP contribution is 2.46. The van der Waals surface area contributed by atoms with Crippen LogP contribution in [0.5, 0.6) is 5.75 Å². The molecule has 0 radical (unpaired) electrons. The first kappa shape index (κ1) is 30.0. The number of carbonyl (C=O) groups excluding carboxylic acids is 2. The minimum Gasteiger partial charge on any atom is -0.483 e. The van der Waals surface area contributed by atoms with Crippen LogP contribution in [-0.2, 0) is 18.0 Å². The Labute approximate surface area is 256 Å². The van der Waals surface area contributed by atoms with Crippen LogP contribution in [0.15, 0.2) is 64.7 Å². The number of aromatic nitrogens is 1. The van der Waals surface area contributed by atoms with E-state index in [1.165, 1.54) is 10.8 Å². The number of hydrogen-bond donors (Lipinski definition) is 1. The van der Waals surface area contributed by atoms with Gasteiger partial charge < -0.3 is 24.1 Å².